The van der Waals surface area contributed by atoms with E-state index in [1.54, 1.807) is 0 Å². The maximum atomic E-state index is 5.46. The van der Waals surface area contributed by atoms with Gasteiger partial charge in [-0.05, 0) is 0 Å². The van der Waals surface area contributed by atoms with Gasteiger partial charge in [-0.2, -0.15) is 0 Å². The van der Waals surface area contributed by atoms with Crippen LogP contribution in [0.1, 0.15) is 0 Å². The van der Waals surface area contributed by atoms with Crippen molar-refractivity contribution < 1.29 is 4.74 Å². The third-order valence-electron chi connectivity index (χ3n) is 1.10. The highest BCUT2D eigenvalue weighted by molar-refractivity contribution is 6.68. The molecular weight excluding hydrogens is 241 g/mol. The number of ether oxygens (including phenoxy) is 1. The fraction of sp³-hybridized carbons (Fsp3) is 1.00. The monoisotopic (exact) mass is 242 g/mol. The zero-order valence-corrected chi connectivity index (χ0v) is 8.31. The molecule has 0 spiro atoms. The van der Waals surface area contributed by atoms with Gasteiger partial charge in [0.05, 0.1) is 0 Å². The summed E-state index contributed by atoms with van der Waals surface area (Å²) < 4.78 is 3.47. The first kappa shape index (κ1) is 9.50. The summed E-state index contributed by atoms with van der Waals surface area (Å²) in [6, 6.07) is 0. The van der Waals surface area contributed by atoms with Gasteiger partial charge >= 0.3 is 0 Å². The molecule has 2 unspecified atom stereocenters. The third-order valence-corrected chi connectivity index (χ3v) is 2.24. The molecule has 60 valence electrons. The first-order valence-electron chi connectivity index (χ1n) is 2.43. The molecule has 0 aromatic rings. The van der Waals surface area contributed by atoms with Crippen molar-refractivity contribution in [3.8, 4) is 0 Å². The molecule has 0 aromatic carbocycles. The van der Waals surface area contributed by atoms with Gasteiger partial charge in [0, 0.05) is 0 Å². The molecule has 2 atom stereocenters. The molecule has 0 aromatic heterocycles. The van der Waals surface area contributed by atoms with Crippen LogP contribution in [-0.4, -0.2) is 20.8 Å². The molecule has 1 rings (SSSR count). The van der Waals surface area contributed by atoms with Crippen LogP contribution in [-0.2, 0) is 4.74 Å². The second-order valence-corrected chi connectivity index (χ2v) is 5.43. The van der Waals surface area contributed by atoms with Crippen LogP contribution >= 0.6 is 58.0 Å². The van der Waals surface area contributed by atoms with Crippen molar-refractivity contribution in [2.45, 2.75) is 20.8 Å². The van der Waals surface area contributed by atoms with Gasteiger partial charge in [0.15, 0.2) is 0 Å². The lowest BCUT2D eigenvalue weighted by molar-refractivity contribution is 0.377. The minimum atomic E-state index is -1.41. The van der Waals surface area contributed by atoms with Crippen LogP contribution in [0, 0.1) is 0 Å². The Bertz CT molecular complexity index is 130. The standard InChI is InChI=1S/C4H3Cl5O/c5-3(6)1-2(10-1)4(7,8)9/h1-3H. The number of hydrogen-bond acceptors (Lipinski definition) is 1. The molecule has 0 saturated carbocycles. The quantitative estimate of drug-likeness (QED) is 0.510. The lowest BCUT2D eigenvalue weighted by Crippen LogP contribution is -2.17. The van der Waals surface area contributed by atoms with Gasteiger partial charge in [-0.1, -0.05) is 34.8 Å². The van der Waals surface area contributed by atoms with Gasteiger partial charge < -0.3 is 4.74 Å². The highest BCUT2D eigenvalue weighted by Gasteiger charge is 2.55. The van der Waals surface area contributed by atoms with Crippen LogP contribution in [0.2, 0.25) is 0 Å². The topological polar surface area (TPSA) is 12.5 Å². The Labute approximate surface area is 83.5 Å². The van der Waals surface area contributed by atoms with E-state index in [2.05, 4.69) is 0 Å². The van der Waals surface area contributed by atoms with E-state index < -0.39 is 14.7 Å². The SMILES string of the molecule is ClC(Cl)C1OC1C(Cl)(Cl)Cl. The second kappa shape index (κ2) is 3.04. The first-order valence-corrected chi connectivity index (χ1v) is 4.44. The number of halogens is 5. The second-order valence-electron chi connectivity index (χ2n) is 1.90. The van der Waals surface area contributed by atoms with Gasteiger partial charge in [-0.3, -0.25) is 0 Å². The summed E-state index contributed by atoms with van der Waals surface area (Å²) in [7, 11) is 0. The van der Waals surface area contributed by atoms with Crippen molar-refractivity contribution in [3.05, 3.63) is 0 Å². The Balaban J connectivity index is 2.39. The summed E-state index contributed by atoms with van der Waals surface area (Å²) in [5.74, 6) is 0. The van der Waals surface area contributed by atoms with Crippen molar-refractivity contribution in [1.82, 2.24) is 0 Å². The van der Waals surface area contributed by atoms with E-state index in [9.17, 15) is 0 Å². The van der Waals surface area contributed by atoms with Crippen molar-refractivity contribution in [1.29, 1.82) is 0 Å². The van der Waals surface area contributed by atoms with E-state index in [4.69, 9.17) is 62.7 Å². The summed E-state index contributed by atoms with van der Waals surface area (Å²) in [6.07, 6.45) is -0.798. The molecule has 1 fully saturated rings. The van der Waals surface area contributed by atoms with Gasteiger partial charge in [-0.25, -0.2) is 0 Å². The van der Waals surface area contributed by atoms with Crippen molar-refractivity contribution >= 4 is 58.0 Å². The Kier molecular flexibility index (Phi) is 2.89. The van der Waals surface area contributed by atoms with Crippen LogP contribution in [0.3, 0.4) is 0 Å². The molecule has 1 aliphatic rings. The van der Waals surface area contributed by atoms with E-state index in [-0.39, 0.29) is 6.10 Å². The van der Waals surface area contributed by atoms with Crippen molar-refractivity contribution in [3.63, 3.8) is 0 Å². The summed E-state index contributed by atoms with van der Waals surface area (Å²) in [4.78, 5) is -0.624. The Hall–Kier alpha value is 1.41. The van der Waals surface area contributed by atoms with Crippen LogP contribution in [0.5, 0.6) is 0 Å². The van der Waals surface area contributed by atoms with Crippen molar-refractivity contribution in [2.24, 2.45) is 0 Å². The molecule has 1 saturated heterocycles. The normalized spacial score (nSPS) is 33.0. The molecular formula is C4H3Cl5O. The summed E-state index contributed by atoms with van der Waals surface area (Å²) in [5.41, 5.74) is 0. The molecule has 0 radical (unpaired) electrons. The fourth-order valence-corrected chi connectivity index (χ4v) is 1.49. The average molecular weight is 244 g/mol. The number of rotatable bonds is 1. The van der Waals surface area contributed by atoms with Crippen LogP contribution < -0.4 is 0 Å². The predicted octanol–water partition coefficient (Wildman–Crippen LogP) is 2.93. The lowest BCUT2D eigenvalue weighted by Gasteiger charge is -2.05. The Morgan fingerprint density at radius 1 is 1.20 bits per heavy atom. The molecule has 1 nitrogen and oxygen atoms in total. The summed E-state index contributed by atoms with van der Waals surface area (Å²) >= 11 is 27.3. The molecule has 0 amide bonds. The van der Waals surface area contributed by atoms with E-state index >= 15 is 0 Å². The number of epoxide rings is 1. The molecule has 1 heterocycles. The molecule has 0 aliphatic carbocycles. The van der Waals surface area contributed by atoms with Crippen LogP contribution in [0.15, 0.2) is 0 Å². The van der Waals surface area contributed by atoms with E-state index in [0.29, 0.717) is 0 Å². The lowest BCUT2D eigenvalue weighted by atomic mass is 10.4. The molecule has 0 bridgehead atoms. The molecule has 10 heavy (non-hydrogen) atoms. The molecule has 6 heteroatoms. The minimum absolute atomic E-state index is 0.337. The van der Waals surface area contributed by atoms with Crippen LogP contribution in [0.25, 0.3) is 0 Å². The maximum Gasteiger partial charge on any atom is 0.218 e. The van der Waals surface area contributed by atoms with E-state index in [1.807, 2.05) is 0 Å². The highest BCUT2D eigenvalue weighted by atomic mass is 35.6. The smallest absolute Gasteiger partial charge is 0.218 e. The zero-order valence-electron chi connectivity index (χ0n) is 4.53. The number of hydrogen-bond donors (Lipinski definition) is 0. The number of alkyl halides is 5. The van der Waals surface area contributed by atoms with Crippen molar-refractivity contribution in [2.75, 3.05) is 0 Å². The largest absolute Gasteiger partial charge is 0.362 e. The van der Waals surface area contributed by atoms with Gasteiger partial charge in [0.25, 0.3) is 0 Å². The van der Waals surface area contributed by atoms with E-state index in [0.717, 1.165) is 0 Å². The molecule has 1 aliphatic heterocycles. The third kappa shape index (κ3) is 2.20. The Morgan fingerprint density at radius 2 is 1.70 bits per heavy atom. The first-order chi connectivity index (χ1) is 4.43. The Morgan fingerprint density at radius 3 is 1.80 bits per heavy atom. The zero-order chi connectivity index (χ0) is 7.94. The minimum Gasteiger partial charge on any atom is -0.362 e. The highest BCUT2D eigenvalue weighted by Crippen LogP contribution is 2.46. The molecule has 0 N–H and O–H groups in total. The predicted molar refractivity (Wildman–Crippen MR) is 44.4 cm³/mol. The fourth-order valence-electron chi connectivity index (χ4n) is 0.579. The van der Waals surface area contributed by atoms with E-state index in [1.165, 1.54) is 0 Å². The maximum absolute atomic E-state index is 5.46. The summed E-state index contributed by atoms with van der Waals surface area (Å²) in [6.45, 7) is 0. The van der Waals surface area contributed by atoms with Gasteiger partial charge in [-0.15, -0.1) is 23.2 Å². The van der Waals surface area contributed by atoms with Gasteiger partial charge in [0.1, 0.15) is 17.0 Å². The summed E-state index contributed by atoms with van der Waals surface area (Å²) in [5, 5.41) is 0. The van der Waals surface area contributed by atoms with Crippen LogP contribution in [0.4, 0.5) is 0 Å². The average Bonchev–Trinajstić information content (AvgIpc) is 2.35. The van der Waals surface area contributed by atoms with Gasteiger partial charge in [0.2, 0.25) is 3.79 Å².